The molecule has 1 radical (unpaired) electrons. The van der Waals surface area contributed by atoms with Gasteiger partial charge in [0.2, 0.25) is 0 Å². The van der Waals surface area contributed by atoms with Crippen molar-refractivity contribution < 1.29 is 5.11 Å². The van der Waals surface area contributed by atoms with Gasteiger partial charge in [0, 0.05) is 19.1 Å². The van der Waals surface area contributed by atoms with Gasteiger partial charge in [0.25, 0.3) is 0 Å². The number of nitrogens with zero attached hydrogens (tertiary/aromatic N) is 2. The summed E-state index contributed by atoms with van der Waals surface area (Å²) in [5.74, 6) is 0. The van der Waals surface area contributed by atoms with E-state index in [0.717, 1.165) is 32.1 Å². The number of hydrogen-bond acceptors (Lipinski definition) is 2. The van der Waals surface area contributed by atoms with E-state index in [0.29, 0.717) is 0 Å². The molecule has 0 aromatic carbocycles. The largest absolute Gasteiger partial charge is 0.302 e. The molecule has 1 aliphatic heterocycles. The van der Waals surface area contributed by atoms with Crippen molar-refractivity contribution >= 4 is 0 Å². The van der Waals surface area contributed by atoms with Crippen molar-refractivity contribution in [1.82, 2.24) is 9.80 Å². The van der Waals surface area contributed by atoms with E-state index in [4.69, 9.17) is 0 Å². The minimum Gasteiger partial charge on any atom is -0.302 e. The predicted molar refractivity (Wildman–Crippen MR) is 57.9 cm³/mol. The fraction of sp³-hybridized carbons (Fsp3) is 1.00. The highest BCUT2D eigenvalue weighted by molar-refractivity contribution is 4.82. The van der Waals surface area contributed by atoms with Crippen molar-refractivity contribution in [2.45, 2.75) is 32.7 Å². The van der Waals surface area contributed by atoms with E-state index >= 15 is 0 Å². The molecule has 0 spiro atoms. The summed E-state index contributed by atoms with van der Waals surface area (Å²) < 4.78 is 0. The topological polar surface area (TPSA) is 26.4 Å². The van der Waals surface area contributed by atoms with Crippen LogP contribution in [0, 0.1) is 0 Å². The van der Waals surface area contributed by atoms with Crippen LogP contribution in [0.2, 0.25) is 0 Å². The van der Waals surface area contributed by atoms with E-state index in [1.807, 2.05) is 0 Å². The lowest BCUT2D eigenvalue weighted by Gasteiger charge is -2.26. The molecule has 0 amide bonds. The molecule has 1 aliphatic rings. The monoisotopic (exact) mass is 199 g/mol. The molecule has 1 unspecified atom stereocenters. The second kappa shape index (κ2) is 6.38. The Labute approximate surface area is 87.7 Å². The van der Waals surface area contributed by atoms with Crippen LogP contribution in [0.15, 0.2) is 0 Å². The van der Waals surface area contributed by atoms with Gasteiger partial charge in [-0.3, -0.25) is 4.90 Å². The molecule has 1 heterocycles. The summed E-state index contributed by atoms with van der Waals surface area (Å²) in [5.41, 5.74) is 0. The van der Waals surface area contributed by atoms with Crippen LogP contribution >= 0.6 is 0 Å². The van der Waals surface area contributed by atoms with Crippen molar-refractivity contribution in [2.75, 3.05) is 39.3 Å². The van der Waals surface area contributed by atoms with Gasteiger partial charge in [-0.1, -0.05) is 13.8 Å². The molecule has 0 aromatic heterocycles. The van der Waals surface area contributed by atoms with E-state index in [1.54, 1.807) is 0 Å². The molecule has 1 saturated heterocycles. The van der Waals surface area contributed by atoms with Gasteiger partial charge < -0.3 is 4.90 Å². The summed E-state index contributed by atoms with van der Waals surface area (Å²) in [6, 6.07) is 0.733. The third-order valence-corrected chi connectivity index (χ3v) is 3.19. The van der Waals surface area contributed by atoms with E-state index in [9.17, 15) is 5.11 Å². The zero-order valence-electron chi connectivity index (χ0n) is 9.54. The van der Waals surface area contributed by atoms with Gasteiger partial charge in [0.15, 0.2) is 0 Å². The van der Waals surface area contributed by atoms with Crippen molar-refractivity contribution in [2.24, 2.45) is 0 Å². The molecule has 83 valence electrons. The average Bonchev–Trinajstić information content (AvgIpc) is 2.65. The SMILES string of the molecule is CCN(CC)C1CCN(CCC[O])C1. The second-order valence-corrected chi connectivity index (χ2v) is 4.02. The Hall–Kier alpha value is -0.120. The standard InChI is InChI=1S/C11H23N2O/c1-3-13(4-2)11-6-8-12(10-11)7-5-9-14/h11H,3-10H2,1-2H3. The average molecular weight is 199 g/mol. The smallest absolute Gasteiger partial charge is 0.0834 e. The van der Waals surface area contributed by atoms with E-state index < -0.39 is 0 Å². The molecule has 1 fully saturated rings. The van der Waals surface area contributed by atoms with Gasteiger partial charge in [-0.15, -0.1) is 0 Å². The van der Waals surface area contributed by atoms with E-state index in [1.165, 1.54) is 19.5 Å². The van der Waals surface area contributed by atoms with Gasteiger partial charge in [0.1, 0.15) is 0 Å². The van der Waals surface area contributed by atoms with Crippen LogP contribution < -0.4 is 0 Å². The normalized spacial score (nSPS) is 23.6. The molecule has 14 heavy (non-hydrogen) atoms. The van der Waals surface area contributed by atoms with Gasteiger partial charge in [-0.05, 0) is 32.5 Å². The van der Waals surface area contributed by atoms with Crippen LogP contribution in [0.1, 0.15) is 26.7 Å². The minimum absolute atomic E-state index is 0.0758. The molecule has 3 heteroatoms. The van der Waals surface area contributed by atoms with Crippen LogP contribution in [0.5, 0.6) is 0 Å². The van der Waals surface area contributed by atoms with Crippen molar-refractivity contribution in [3.8, 4) is 0 Å². The summed E-state index contributed by atoms with van der Waals surface area (Å²) in [5, 5.41) is 10.4. The summed E-state index contributed by atoms with van der Waals surface area (Å²) in [6.45, 7) is 10.2. The van der Waals surface area contributed by atoms with Crippen LogP contribution in [-0.4, -0.2) is 55.2 Å². The predicted octanol–water partition coefficient (Wildman–Crippen LogP) is 1.22. The lowest BCUT2D eigenvalue weighted by atomic mass is 10.2. The lowest BCUT2D eigenvalue weighted by Crippen LogP contribution is -2.37. The number of likely N-dealkylation sites (N-methyl/N-ethyl adjacent to an activating group) is 1. The fourth-order valence-electron chi connectivity index (χ4n) is 2.34. The molecule has 3 nitrogen and oxygen atoms in total. The fourth-order valence-corrected chi connectivity index (χ4v) is 2.34. The van der Waals surface area contributed by atoms with Gasteiger partial charge in [-0.2, -0.15) is 0 Å². The van der Waals surface area contributed by atoms with Crippen molar-refractivity contribution in [1.29, 1.82) is 0 Å². The lowest BCUT2D eigenvalue weighted by molar-refractivity contribution is 0.166. The molecule has 0 aliphatic carbocycles. The number of hydrogen-bond donors (Lipinski definition) is 0. The Bertz CT molecular complexity index is 148. The van der Waals surface area contributed by atoms with Crippen LogP contribution in [0.4, 0.5) is 0 Å². The molecule has 1 rings (SSSR count). The zero-order chi connectivity index (χ0) is 10.4. The molecule has 0 bridgehead atoms. The summed E-state index contributed by atoms with van der Waals surface area (Å²) in [6.07, 6.45) is 2.09. The first-order valence-electron chi connectivity index (χ1n) is 5.86. The summed E-state index contributed by atoms with van der Waals surface area (Å²) >= 11 is 0. The summed E-state index contributed by atoms with van der Waals surface area (Å²) in [7, 11) is 0. The first-order valence-corrected chi connectivity index (χ1v) is 5.86. The van der Waals surface area contributed by atoms with Gasteiger partial charge in [0.05, 0.1) is 6.61 Å². The quantitative estimate of drug-likeness (QED) is 0.643. The molecular weight excluding hydrogens is 176 g/mol. The first kappa shape index (κ1) is 12.0. The van der Waals surface area contributed by atoms with Gasteiger partial charge >= 0.3 is 0 Å². The third kappa shape index (κ3) is 3.23. The Morgan fingerprint density at radius 3 is 2.64 bits per heavy atom. The Balaban J connectivity index is 2.25. The van der Waals surface area contributed by atoms with Crippen molar-refractivity contribution in [3.05, 3.63) is 0 Å². The molecule has 0 saturated carbocycles. The number of rotatable bonds is 6. The van der Waals surface area contributed by atoms with Crippen LogP contribution in [-0.2, 0) is 5.11 Å². The highest BCUT2D eigenvalue weighted by Crippen LogP contribution is 2.15. The highest BCUT2D eigenvalue weighted by atomic mass is 16.3. The van der Waals surface area contributed by atoms with Crippen LogP contribution in [0.3, 0.4) is 0 Å². The minimum atomic E-state index is 0.0758. The van der Waals surface area contributed by atoms with E-state index in [-0.39, 0.29) is 6.61 Å². The summed E-state index contributed by atoms with van der Waals surface area (Å²) in [4.78, 5) is 4.96. The zero-order valence-corrected chi connectivity index (χ0v) is 9.54. The molecular formula is C11H23N2O. The molecule has 1 atom stereocenters. The Morgan fingerprint density at radius 1 is 1.36 bits per heavy atom. The van der Waals surface area contributed by atoms with Crippen LogP contribution in [0.25, 0.3) is 0 Å². The first-order chi connectivity index (χ1) is 6.81. The second-order valence-electron chi connectivity index (χ2n) is 4.02. The van der Waals surface area contributed by atoms with Gasteiger partial charge in [-0.25, -0.2) is 5.11 Å². The Morgan fingerprint density at radius 2 is 2.07 bits per heavy atom. The van der Waals surface area contributed by atoms with Crippen molar-refractivity contribution in [3.63, 3.8) is 0 Å². The molecule has 0 N–H and O–H groups in total. The number of likely N-dealkylation sites (tertiary alicyclic amines) is 1. The molecule has 0 aromatic rings. The maximum absolute atomic E-state index is 10.4. The Kier molecular flexibility index (Phi) is 5.45. The van der Waals surface area contributed by atoms with E-state index in [2.05, 4.69) is 23.6 Å². The maximum Gasteiger partial charge on any atom is 0.0834 e. The maximum atomic E-state index is 10.4. The highest BCUT2D eigenvalue weighted by Gasteiger charge is 2.25. The third-order valence-electron chi connectivity index (χ3n) is 3.19.